The molecule has 1 aromatic rings. The van der Waals surface area contributed by atoms with E-state index >= 15 is 0 Å². The maximum atomic E-state index is 6.10. The molecule has 4 nitrogen and oxygen atoms in total. The molecular formula is C14H19BrN2O2. The van der Waals surface area contributed by atoms with Crippen molar-refractivity contribution < 1.29 is 9.47 Å². The first-order valence-electron chi connectivity index (χ1n) is 6.61. The maximum Gasteiger partial charge on any atom is 0.142 e. The molecule has 2 heterocycles. The second kappa shape index (κ2) is 5.04. The number of hydrogen-bond donors (Lipinski definition) is 0. The van der Waals surface area contributed by atoms with E-state index in [-0.39, 0.29) is 0 Å². The molecule has 2 fully saturated rings. The first kappa shape index (κ1) is 13.3. The predicted molar refractivity (Wildman–Crippen MR) is 76.2 cm³/mol. The number of aromatic nitrogens is 1. The number of ether oxygens (including phenoxy) is 2. The van der Waals surface area contributed by atoms with Gasteiger partial charge >= 0.3 is 0 Å². The van der Waals surface area contributed by atoms with Crippen LogP contribution >= 0.6 is 15.9 Å². The average Bonchev–Trinajstić information content (AvgIpc) is 2.21. The summed E-state index contributed by atoms with van der Waals surface area (Å²) in [6, 6.07) is 3.95. The lowest BCUT2D eigenvalue weighted by Gasteiger charge is -2.52. The first-order chi connectivity index (χ1) is 9.06. The largest absolute Gasteiger partial charge is 0.488 e. The molecule has 0 amide bonds. The van der Waals surface area contributed by atoms with Gasteiger partial charge in [-0.1, -0.05) is 0 Å². The van der Waals surface area contributed by atoms with E-state index in [0.29, 0.717) is 11.5 Å². The summed E-state index contributed by atoms with van der Waals surface area (Å²) in [5.74, 6) is 0.914. The van der Waals surface area contributed by atoms with Crippen LogP contribution in [0.25, 0.3) is 0 Å². The van der Waals surface area contributed by atoms with Crippen LogP contribution in [0.3, 0.4) is 0 Å². The fourth-order valence-electron chi connectivity index (χ4n) is 2.78. The van der Waals surface area contributed by atoms with Crippen molar-refractivity contribution in [1.82, 2.24) is 9.88 Å². The predicted octanol–water partition coefficient (Wildman–Crippen LogP) is 2.46. The van der Waals surface area contributed by atoms with Crippen molar-refractivity contribution in [2.75, 3.05) is 27.3 Å². The van der Waals surface area contributed by atoms with Crippen LogP contribution in [0.2, 0.25) is 0 Å². The van der Waals surface area contributed by atoms with Crippen molar-refractivity contribution >= 4 is 15.9 Å². The number of halogens is 1. The minimum absolute atomic E-state index is 0.327. The van der Waals surface area contributed by atoms with Gasteiger partial charge in [-0.05, 0) is 55.0 Å². The first-order valence-corrected chi connectivity index (χ1v) is 7.40. The van der Waals surface area contributed by atoms with Gasteiger partial charge in [0.25, 0.3) is 0 Å². The highest BCUT2D eigenvalue weighted by atomic mass is 79.9. The van der Waals surface area contributed by atoms with Gasteiger partial charge in [0.05, 0.1) is 18.9 Å². The monoisotopic (exact) mass is 326 g/mol. The minimum atomic E-state index is 0.327. The molecular weight excluding hydrogens is 308 g/mol. The molecule has 1 aliphatic heterocycles. The molecule has 1 spiro atoms. The third-order valence-corrected chi connectivity index (χ3v) is 4.24. The summed E-state index contributed by atoms with van der Waals surface area (Å²) < 4.78 is 12.2. The Morgan fingerprint density at radius 1 is 1.42 bits per heavy atom. The standard InChI is InChI=1S/C14H19BrN2O2/c1-17(2)7-11-12(3-4-13(15)16-11)19-10-5-14(6-10)8-18-9-14/h3-4,10H,5-9H2,1-2H3. The smallest absolute Gasteiger partial charge is 0.142 e. The summed E-state index contributed by atoms with van der Waals surface area (Å²) in [5, 5.41) is 0. The topological polar surface area (TPSA) is 34.6 Å². The minimum Gasteiger partial charge on any atom is -0.488 e. The molecule has 1 aliphatic carbocycles. The van der Waals surface area contributed by atoms with Crippen LogP contribution < -0.4 is 4.74 Å². The molecule has 0 bridgehead atoms. The van der Waals surface area contributed by atoms with Gasteiger partial charge in [-0.25, -0.2) is 4.98 Å². The third-order valence-electron chi connectivity index (χ3n) is 3.80. The Labute approximate surface area is 122 Å². The lowest BCUT2D eigenvalue weighted by molar-refractivity contribution is -0.191. The molecule has 0 atom stereocenters. The SMILES string of the molecule is CN(C)Cc1nc(Br)ccc1OC1CC2(COC2)C1. The van der Waals surface area contributed by atoms with E-state index in [1.54, 1.807) is 0 Å². The van der Waals surface area contributed by atoms with Crippen molar-refractivity contribution in [3.63, 3.8) is 0 Å². The lowest BCUT2D eigenvalue weighted by Crippen LogP contribution is -2.56. The maximum absolute atomic E-state index is 6.10. The van der Waals surface area contributed by atoms with E-state index in [0.717, 1.165) is 48.6 Å². The van der Waals surface area contributed by atoms with Gasteiger partial charge in [-0.3, -0.25) is 0 Å². The van der Waals surface area contributed by atoms with Gasteiger partial charge < -0.3 is 14.4 Å². The molecule has 5 heteroatoms. The van der Waals surface area contributed by atoms with Crippen LogP contribution in [-0.2, 0) is 11.3 Å². The molecule has 3 rings (SSSR count). The van der Waals surface area contributed by atoms with Crippen LogP contribution in [0.5, 0.6) is 5.75 Å². The second-order valence-corrected chi connectivity index (χ2v) is 6.77. The highest BCUT2D eigenvalue weighted by Gasteiger charge is 2.51. The highest BCUT2D eigenvalue weighted by molar-refractivity contribution is 9.10. The Kier molecular flexibility index (Phi) is 3.53. The van der Waals surface area contributed by atoms with E-state index < -0.39 is 0 Å². The average molecular weight is 327 g/mol. The number of rotatable bonds is 4. The zero-order chi connectivity index (χ0) is 13.5. The Morgan fingerprint density at radius 2 is 2.16 bits per heavy atom. The Balaban J connectivity index is 1.66. The Bertz CT molecular complexity index is 467. The molecule has 0 radical (unpaired) electrons. The summed E-state index contributed by atoms with van der Waals surface area (Å²) in [6.45, 7) is 2.61. The van der Waals surface area contributed by atoms with Gasteiger partial charge in [0.15, 0.2) is 0 Å². The second-order valence-electron chi connectivity index (χ2n) is 5.96. The van der Waals surface area contributed by atoms with Crippen molar-refractivity contribution in [1.29, 1.82) is 0 Å². The summed E-state index contributed by atoms with van der Waals surface area (Å²) >= 11 is 3.42. The summed E-state index contributed by atoms with van der Waals surface area (Å²) in [6.07, 6.45) is 2.56. The Morgan fingerprint density at radius 3 is 2.74 bits per heavy atom. The van der Waals surface area contributed by atoms with Gasteiger partial charge in [0.1, 0.15) is 16.5 Å². The molecule has 0 unspecified atom stereocenters. The fraction of sp³-hybridized carbons (Fsp3) is 0.643. The molecule has 1 aromatic heterocycles. The van der Waals surface area contributed by atoms with E-state index in [2.05, 4.69) is 25.8 Å². The van der Waals surface area contributed by atoms with E-state index in [4.69, 9.17) is 9.47 Å². The molecule has 0 N–H and O–H groups in total. The van der Waals surface area contributed by atoms with Crippen molar-refractivity contribution in [3.05, 3.63) is 22.4 Å². The zero-order valence-corrected chi connectivity index (χ0v) is 12.9. The van der Waals surface area contributed by atoms with Crippen molar-refractivity contribution in [3.8, 4) is 5.75 Å². The summed E-state index contributed by atoms with van der Waals surface area (Å²) in [5.41, 5.74) is 1.43. The molecule has 1 saturated carbocycles. The van der Waals surface area contributed by atoms with Gasteiger partial charge in [-0.15, -0.1) is 0 Å². The van der Waals surface area contributed by atoms with Crippen LogP contribution in [0.4, 0.5) is 0 Å². The number of pyridine rings is 1. The highest BCUT2D eigenvalue weighted by Crippen LogP contribution is 2.48. The van der Waals surface area contributed by atoms with E-state index in [9.17, 15) is 0 Å². The summed E-state index contributed by atoms with van der Waals surface area (Å²) in [4.78, 5) is 6.62. The molecule has 19 heavy (non-hydrogen) atoms. The molecule has 1 saturated heterocycles. The summed E-state index contributed by atoms with van der Waals surface area (Å²) in [7, 11) is 4.08. The molecule has 104 valence electrons. The van der Waals surface area contributed by atoms with E-state index in [1.807, 2.05) is 26.2 Å². The van der Waals surface area contributed by atoms with Crippen molar-refractivity contribution in [2.24, 2.45) is 5.41 Å². The van der Waals surface area contributed by atoms with Crippen LogP contribution in [0.15, 0.2) is 16.7 Å². The van der Waals surface area contributed by atoms with Gasteiger partial charge in [0, 0.05) is 12.0 Å². The third kappa shape index (κ3) is 2.78. The normalized spacial score (nSPS) is 21.3. The number of nitrogens with zero attached hydrogens (tertiary/aromatic N) is 2. The Hall–Kier alpha value is -0.650. The van der Waals surface area contributed by atoms with Gasteiger partial charge in [0.2, 0.25) is 0 Å². The quantitative estimate of drug-likeness (QED) is 0.796. The molecule has 2 aliphatic rings. The zero-order valence-electron chi connectivity index (χ0n) is 11.4. The van der Waals surface area contributed by atoms with Crippen LogP contribution in [0.1, 0.15) is 18.5 Å². The van der Waals surface area contributed by atoms with Gasteiger partial charge in [-0.2, -0.15) is 0 Å². The lowest BCUT2D eigenvalue weighted by atomic mass is 9.65. The fourth-order valence-corrected chi connectivity index (χ4v) is 3.12. The van der Waals surface area contributed by atoms with Crippen LogP contribution in [-0.4, -0.2) is 43.3 Å². The molecule has 0 aromatic carbocycles. The number of hydrogen-bond acceptors (Lipinski definition) is 4. The van der Waals surface area contributed by atoms with Crippen molar-refractivity contribution in [2.45, 2.75) is 25.5 Å². The van der Waals surface area contributed by atoms with E-state index in [1.165, 1.54) is 0 Å². The van der Waals surface area contributed by atoms with Crippen LogP contribution in [0, 0.1) is 5.41 Å².